The molecule has 1 saturated carbocycles. The number of carbonyl (C=O) groups is 1. The van der Waals surface area contributed by atoms with Gasteiger partial charge < -0.3 is 9.74 Å². The van der Waals surface area contributed by atoms with Gasteiger partial charge in [-0.1, -0.05) is 41.9 Å². The molecule has 146 valence electrons. The van der Waals surface area contributed by atoms with Gasteiger partial charge in [0.25, 0.3) is 0 Å². The minimum absolute atomic E-state index is 0.0109. The molecule has 2 aromatic rings. The Hall–Kier alpha value is -2.76. The topological polar surface area (TPSA) is 41.9 Å². The summed E-state index contributed by atoms with van der Waals surface area (Å²) in [4.78, 5) is 20.1. The minimum Gasteiger partial charge on any atom is -0.390 e. The predicted octanol–water partition coefficient (Wildman–Crippen LogP) is 4.29. The largest absolute Gasteiger partial charge is 0.390 e. The SMILES string of the molecule is O=C(C1CCC1)N(Cc1ccccc1F)C[C@@H]1CC(c2cccc(F)c2)=NO1. The molecule has 1 fully saturated rings. The molecule has 0 N–H and O–H groups in total. The average molecular weight is 384 g/mol. The van der Waals surface area contributed by atoms with Crippen molar-refractivity contribution in [3.63, 3.8) is 0 Å². The van der Waals surface area contributed by atoms with Crippen molar-refractivity contribution in [2.24, 2.45) is 11.1 Å². The van der Waals surface area contributed by atoms with Crippen molar-refractivity contribution in [1.29, 1.82) is 0 Å². The third-order valence-electron chi connectivity index (χ3n) is 5.40. The first-order chi connectivity index (χ1) is 13.6. The van der Waals surface area contributed by atoms with E-state index in [0.717, 1.165) is 19.3 Å². The van der Waals surface area contributed by atoms with E-state index in [2.05, 4.69) is 5.16 Å². The van der Waals surface area contributed by atoms with Crippen molar-refractivity contribution >= 4 is 11.6 Å². The van der Waals surface area contributed by atoms with Crippen LogP contribution in [0.2, 0.25) is 0 Å². The number of nitrogens with zero attached hydrogens (tertiary/aromatic N) is 2. The van der Waals surface area contributed by atoms with Gasteiger partial charge in [0.15, 0.2) is 6.10 Å². The highest BCUT2D eigenvalue weighted by molar-refractivity contribution is 6.01. The van der Waals surface area contributed by atoms with Gasteiger partial charge in [-0.3, -0.25) is 4.79 Å². The van der Waals surface area contributed by atoms with Gasteiger partial charge in [0.1, 0.15) is 11.6 Å². The van der Waals surface area contributed by atoms with E-state index in [4.69, 9.17) is 4.84 Å². The maximum absolute atomic E-state index is 14.1. The minimum atomic E-state index is -0.329. The second-order valence-electron chi connectivity index (χ2n) is 7.42. The summed E-state index contributed by atoms with van der Waals surface area (Å²) >= 11 is 0. The standard InChI is InChI=1S/C22H22F2N2O2/c23-18-9-4-8-16(11-18)21-12-19(28-25-21)14-26(22(27)15-6-3-7-15)13-17-5-1-2-10-20(17)24/h1-2,4-5,8-11,15,19H,3,6-7,12-14H2/t19-/m0/s1. The highest BCUT2D eigenvalue weighted by Gasteiger charge is 2.33. The van der Waals surface area contributed by atoms with Gasteiger partial charge in [0.05, 0.1) is 12.3 Å². The Morgan fingerprint density at radius 1 is 1.14 bits per heavy atom. The van der Waals surface area contributed by atoms with Crippen molar-refractivity contribution in [2.45, 2.75) is 38.3 Å². The Morgan fingerprint density at radius 3 is 2.68 bits per heavy atom. The smallest absolute Gasteiger partial charge is 0.226 e. The molecule has 1 amide bonds. The molecule has 6 heteroatoms. The normalized spacial score (nSPS) is 18.9. The Kier molecular flexibility index (Phi) is 5.37. The number of benzene rings is 2. The highest BCUT2D eigenvalue weighted by atomic mass is 19.1. The van der Waals surface area contributed by atoms with Crippen LogP contribution in [0.15, 0.2) is 53.7 Å². The number of hydrogen-bond donors (Lipinski definition) is 0. The summed E-state index contributed by atoms with van der Waals surface area (Å²) in [5.41, 5.74) is 1.82. The molecule has 0 unspecified atom stereocenters. The third kappa shape index (κ3) is 4.06. The molecule has 28 heavy (non-hydrogen) atoms. The first-order valence-corrected chi connectivity index (χ1v) is 9.61. The molecule has 0 radical (unpaired) electrons. The number of rotatable bonds is 6. The molecule has 0 aromatic heterocycles. The number of halogens is 2. The van der Waals surface area contributed by atoms with Crippen molar-refractivity contribution in [3.05, 3.63) is 71.3 Å². The van der Waals surface area contributed by atoms with Crippen molar-refractivity contribution in [1.82, 2.24) is 4.90 Å². The van der Waals surface area contributed by atoms with Crippen LogP contribution in [0.3, 0.4) is 0 Å². The van der Waals surface area contributed by atoms with Crippen molar-refractivity contribution in [3.8, 4) is 0 Å². The van der Waals surface area contributed by atoms with Crippen LogP contribution < -0.4 is 0 Å². The molecule has 1 aliphatic carbocycles. The Bertz CT molecular complexity index is 896. The van der Waals surface area contributed by atoms with Gasteiger partial charge in [-0.05, 0) is 31.0 Å². The second-order valence-corrected chi connectivity index (χ2v) is 7.42. The van der Waals surface area contributed by atoms with E-state index in [1.165, 1.54) is 18.2 Å². The number of amides is 1. The van der Waals surface area contributed by atoms with Crippen LogP contribution in [-0.2, 0) is 16.2 Å². The monoisotopic (exact) mass is 384 g/mol. The fraction of sp³-hybridized carbons (Fsp3) is 0.364. The lowest BCUT2D eigenvalue weighted by Crippen LogP contribution is -2.42. The van der Waals surface area contributed by atoms with Crippen LogP contribution in [0.5, 0.6) is 0 Å². The average Bonchev–Trinajstić information content (AvgIpc) is 3.10. The molecule has 1 aliphatic heterocycles. The summed E-state index contributed by atoms with van der Waals surface area (Å²) in [6.07, 6.45) is 2.96. The summed E-state index contributed by atoms with van der Waals surface area (Å²) in [6, 6.07) is 12.7. The van der Waals surface area contributed by atoms with E-state index >= 15 is 0 Å². The quantitative estimate of drug-likeness (QED) is 0.746. The molecule has 2 aliphatic rings. The molecular weight excluding hydrogens is 362 g/mol. The lowest BCUT2D eigenvalue weighted by atomic mass is 9.84. The summed E-state index contributed by atoms with van der Waals surface area (Å²) in [5, 5.41) is 4.08. The summed E-state index contributed by atoms with van der Waals surface area (Å²) in [5.74, 6) is -0.600. The first-order valence-electron chi connectivity index (χ1n) is 9.61. The molecule has 1 atom stereocenters. The van der Waals surface area contributed by atoms with Crippen LogP contribution in [0.4, 0.5) is 8.78 Å². The summed E-state index contributed by atoms with van der Waals surface area (Å²) in [6.45, 7) is 0.531. The Labute approximate surface area is 162 Å². The maximum Gasteiger partial charge on any atom is 0.226 e. The van der Waals surface area contributed by atoms with Crippen LogP contribution >= 0.6 is 0 Å². The van der Waals surface area contributed by atoms with Gasteiger partial charge in [0.2, 0.25) is 5.91 Å². The summed E-state index contributed by atoms with van der Waals surface area (Å²) in [7, 11) is 0. The molecule has 2 aromatic carbocycles. The predicted molar refractivity (Wildman–Crippen MR) is 102 cm³/mol. The van der Waals surface area contributed by atoms with E-state index in [1.54, 1.807) is 35.2 Å². The van der Waals surface area contributed by atoms with E-state index in [9.17, 15) is 13.6 Å². The molecule has 4 nitrogen and oxygen atoms in total. The third-order valence-corrected chi connectivity index (χ3v) is 5.40. The van der Waals surface area contributed by atoms with E-state index in [1.807, 2.05) is 0 Å². The van der Waals surface area contributed by atoms with Gasteiger partial charge in [-0.15, -0.1) is 0 Å². The molecule has 0 bridgehead atoms. The van der Waals surface area contributed by atoms with Crippen LogP contribution in [-0.4, -0.2) is 29.2 Å². The molecular formula is C22H22F2N2O2. The Balaban J connectivity index is 1.45. The number of hydrogen-bond acceptors (Lipinski definition) is 3. The lowest BCUT2D eigenvalue weighted by Gasteiger charge is -2.32. The van der Waals surface area contributed by atoms with Crippen LogP contribution in [0.1, 0.15) is 36.8 Å². The van der Waals surface area contributed by atoms with Gasteiger partial charge in [-0.25, -0.2) is 8.78 Å². The zero-order chi connectivity index (χ0) is 19.5. The van der Waals surface area contributed by atoms with Gasteiger partial charge in [-0.2, -0.15) is 0 Å². The maximum atomic E-state index is 14.1. The van der Waals surface area contributed by atoms with Crippen LogP contribution in [0.25, 0.3) is 0 Å². The first kappa shape index (κ1) is 18.6. The van der Waals surface area contributed by atoms with Crippen molar-refractivity contribution < 1.29 is 18.4 Å². The number of oxime groups is 1. The molecule has 0 spiro atoms. The second kappa shape index (κ2) is 8.09. The molecule has 0 saturated heterocycles. The highest BCUT2D eigenvalue weighted by Crippen LogP contribution is 2.30. The zero-order valence-corrected chi connectivity index (χ0v) is 15.5. The van der Waals surface area contributed by atoms with E-state index in [-0.39, 0.29) is 36.1 Å². The fourth-order valence-corrected chi connectivity index (χ4v) is 3.59. The van der Waals surface area contributed by atoms with Gasteiger partial charge >= 0.3 is 0 Å². The molecule has 1 heterocycles. The van der Waals surface area contributed by atoms with Gasteiger partial charge in [0, 0.05) is 30.0 Å². The van der Waals surface area contributed by atoms with E-state index in [0.29, 0.717) is 29.8 Å². The van der Waals surface area contributed by atoms with Crippen LogP contribution in [0, 0.1) is 17.6 Å². The summed E-state index contributed by atoms with van der Waals surface area (Å²) < 4.78 is 27.6. The number of carbonyl (C=O) groups excluding carboxylic acids is 1. The fourth-order valence-electron chi connectivity index (χ4n) is 3.59. The van der Waals surface area contributed by atoms with E-state index < -0.39 is 0 Å². The zero-order valence-electron chi connectivity index (χ0n) is 15.5. The van der Waals surface area contributed by atoms with Crippen molar-refractivity contribution in [2.75, 3.05) is 6.54 Å². The lowest BCUT2D eigenvalue weighted by molar-refractivity contribution is -0.140. The Morgan fingerprint density at radius 2 is 1.96 bits per heavy atom. The molecule has 4 rings (SSSR count).